The molecular formula is C23H32ClNO3. The summed E-state index contributed by atoms with van der Waals surface area (Å²) in [7, 11) is 0. The van der Waals surface area contributed by atoms with Gasteiger partial charge in [0.1, 0.15) is 5.60 Å². The second-order valence-electron chi connectivity index (χ2n) is 8.59. The Labute approximate surface area is 173 Å². The molecule has 1 aliphatic rings. The van der Waals surface area contributed by atoms with E-state index in [1.54, 1.807) is 0 Å². The van der Waals surface area contributed by atoms with Crippen LogP contribution < -0.4 is 0 Å². The van der Waals surface area contributed by atoms with Crippen molar-refractivity contribution in [2.45, 2.75) is 52.6 Å². The zero-order chi connectivity index (χ0) is 20.9. The van der Waals surface area contributed by atoms with Crippen LogP contribution in [0.3, 0.4) is 0 Å². The van der Waals surface area contributed by atoms with Gasteiger partial charge in [0, 0.05) is 19.0 Å². The lowest BCUT2D eigenvalue weighted by atomic mass is 9.68. The molecule has 0 aliphatic carbocycles. The Hall–Kier alpha value is -1.81. The topological polar surface area (TPSA) is 46.6 Å². The van der Waals surface area contributed by atoms with Crippen LogP contribution in [0.1, 0.15) is 46.1 Å². The van der Waals surface area contributed by atoms with Gasteiger partial charge in [-0.05, 0) is 52.5 Å². The fourth-order valence-electron chi connectivity index (χ4n) is 3.99. The summed E-state index contributed by atoms with van der Waals surface area (Å²) in [5.41, 5.74) is 0.341. The number of hydrogen-bond acceptors (Lipinski definition) is 3. The molecule has 1 aromatic carbocycles. The van der Waals surface area contributed by atoms with Crippen molar-refractivity contribution in [3.8, 4) is 0 Å². The van der Waals surface area contributed by atoms with Gasteiger partial charge >= 0.3 is 5.97 Å². The molecule has 2 atom stereocenters. The van der Waals surface area contributed by atoms with E-state index in [2.05, 4.69) is 18.7 Å². The van der Waals surface area contributed by atoms with Gasteiger partial charge in [-0.2, -0.15) is 0 Å². The van der Waals surface area contributed by atoms with Crippen LogP contribution in [0, 0.1) is 11.3 Å². The first-order valence-electron chi connectivity index (χ1n) is 9.90. The SMILES string of the molecule is C=C(C)C1(C(CCCl)C(=O)OC(C)(C)C)CCN(CCc2ccccc2)C1=O. The maximum atomic E-state index is 13.5. The number of amides is 1. The van der Waals surface area contributed by atoms with E-state index in [4.69, 9.17) is 16.3 Å². The van der Waals surface area contributed by atoms with Crippen LogP contribution in [0.4, 0.5) is 0 Å². The number of alkyl halides is 1. The average molecular weight is 406 g/mol. The molecule has 5 heteroatoms. The number of likely N-dealkylation sites (tertiary alicyclic amines) is 1. The van der Waals surface area contributed by atoms with Gasteiger partial charge in [-0.25, -0.2) is 0 Å². The molecule has 1 saturated heterocycles. The highest BCUT2D eigenvalue weighted by molar-refractivity contribution is 6.18. The van der Waals surface area contributed by atoms with E-state index < -0.39 is 16.9 Å². The van der Waals surface area contributed by atoms with Gasteiger partial charge in [-0.15, -0.1) is 11.6 Å². The van der Waals surface area contributed by atoms with Gasteiger partial charge in [0.15, 0.2) is 0 Å². The molecule has 2 rings (SSSR count). The Morgan fingerprint density at radius 2 is 1.96 bits per heavy atom. The molecule has 1 fully saturated rings. The van der Waals surface area contributed by atoms with E-state index in [1.165, 1.54) is 5.56 Å². The summed E-state index contributed by atoms with van der Waals surface area (Å²) in [5, 5.41) is 0. The predicted molar refractivity (Wildman–Crippen MR) is 113 cm³/mol. The molecular weight excluding hydrogens is 374 g/mol. The fraction of sp³-hybridized carbons (Fsp3) is 0.565. The van der Waals surface area contributed by atoms with E-state index in [1.807, 2.05) is 50.8 Å². The monoisotopic (exact) mass is 405 g/mol. The third kappa shape index (κ3) is 4.96. The number of carbonyl (C=O) groups is 2. The smallest absolute Gasteiger partial charge is 0.310 e. The van der Waals surface area contributed by atoms with E-state index in [-0.39, 0.29) is 17.8 Å². The molecule has 1 aromatic rings. The summed E-state index contributed by atoms with van der Waals surface area (Å²) >= 11 is 6.02. The van der Waals surface area contributed by atoms with Crippen molar-refractivity contribution in [3.63, 3.8) is 0 Å². The highest BCUT2D eigenvalue weighted by atomic mass is 35.5. The van der Waals surface area contributed by atoms with Crippen molar-refractivity contribution in [3.05, 3.63) is 48.0 Å². The molecule has 0 bridgehead atoms. The minimum absolute atomic E-state index is 0.0306. The average Bonchev–Trinajstić information content (AvgIpc) is 2.94. The van der Waals surface area contributed by atoms with Crippen LogP contribution in [0.5, 0.6) is 0 Å². The first-order chi connectivity index (χ1) is 13.1. The number of halogens is 1. The number of benzene rings is 1. The summed E-state index contributed by atoms with van der Waals surface area (Å²) in [6.07, 6.45) is 1.74. The third-order valence-electron chi connectivity index (χ3n) is 5.40. The molecule has 0 radical (unpaired) electrons. The normalized spacial score (nSPS) is 20.9. The Balaban J connectivity index is 2.24. The molecule has 1 aliphatic heterocycles. The number of nitrogens with zero attached hydrogens (tertiary/aromatic N) is 1. The molecule has 1 amide bonds. The van der Waals surface area contributed by atoms with Gasteiger partial charge in [0.2, 0.25) is 5.91 Å². The number of rotatable bonds is 8. The predicted octanol–water partition coefficient (Wildman–Crippen LogP) is 4.61. The van der Waals surface area contributed by atoms with Gasteiger partial charge < -0.3 is 9.64 Å². The second-order valence-corrected chi connectivity index (χ2v) is 8.97. The van der Waals surface area contributed by atoms with Crippen molar-refractivity contribution in [1.29, 1.82) is 0 Å². The summed E-state index contributed by atoms with van der Waals surface area (Å²) in [5.74, 6) is -0.724. The molecule has 0 N–H and O–H groups in total. The van der Waals surface area contributed by atoms with Crippen molar-refractivity contribution >= 4 is 23.5 Å². The Morgan fingerprint density at radius 1 is 1.32 bits per heavy atom. The highest BCUT2D eigenvalue weighted by Gasteiger charge is 2.55. The van der Waals surface area contributed by atoms with Crippen LogP contribution in [0.15, 0.2) is 42.5 Å². The van der Waals surface area contributed by atoms with Crippen molar-refractivity contribution < 1.29 is 14.3 Å². The molecule has 154 valence electrons. The maximum absolute atomic E-state index is 13.5. The number of ether oxygens (including phenoxy) is 1. The lowest BCUT2D eigenvalue weighted by Gasteiger charge is -2.36. The van der Waals surface area contributed by atoms with Crippen LogP contribution in [0.2, 0.25) is 0 Å². The van der Waals surface area contributed by atoms with Gasteiger partial charge in [0.25, 0.3) is 0 Å². The van der Waals surface area contributed by atoms with Crippen LogP contribution >= 0.6 is 11.6 Å². The van der Waals surface area contributed by atoms with Gasteiger partial charge in [0.05, 0.1) is 11.3 Å². The standard InChI is InChI=1S/C23H32ClNO3/c1-17(2)23(19(11-14-24)20(26)28-22(3,4)5)13-16-25(21(23)27)15-12-18-9-7-6-8-10-18/h6-10,19H,1,11-16H2,2-5H3. The summed E-state index contributed by atoms with van der Waals surface area (Å²) < 4.78 is 5.64. The van der Waals surface area contributed by atoms with E-state index in [0.717, 1.165) is 6.42 Å². The Kier molecular flexibility index (Phi) is 7.33. The maximum Gasteiger partial charge on any atom is 0.310 e. The number of hydrogen-bond donors (Lipinski definition) is 0. The van der Waals surface area contributed by atoms with Crippen LogP contribution in [-0.2, 0) is 20.7 Å². The summed E-state index contributed by atoms with van der Waals surface area (Å²) in [6, 6.07) is 10.1. The first kappa shape index (κ1) is 22.5. The second kappa shape index (κ2) is 9.13. The lowest BCUT2D eigenvalue weighted by molar-refractivity contribution is -0.167. The molecule has 0 aromatic heterocycles. The van der Waals surface area contributed by atoms with Gasteiger partial charge in [-0.1, -0.05) is 42.5 Å². The molecule has 1 heterocycles. The number of esters is 1. The Bertz CT molecular complexity index is 710. The minimum Gasteiger partial charge on any atom is -0.460 e. The summed E-state index contributed by atoms with van der Waals surface area (Å²) in [6.45, 7) is 12.7. The number of carbonyl (C=O) groups excluding carboxylic acids is 2. The molecule has 2 unspecified atom stereocenters. The molecule has 4 nitrogen and oxygen atoms in total. The summed E-state index contributed by atoms with van der Waals surface area (Å²) in [4.78, 5) is 28.3. The molecule has 0 spiro atoms. The largest absolute Gasteiger partial charge is 0.460 e. The van der Waals surface area contributed by atoms with Crippen molar-refractivity contribution in [2.24, 2.45) is 11.3 Å². The molecule has 0 saturated carbocycles. The lowest BCUT2D eigenvalue weighted by Crippen LogP contribution is -2.46. The Morgan fingerprint density at radius 3 is 2.50 bits per heavy atom. The van der Waals surface area contributed by atoms with Crippen LogP contribution in [-0.4, -0.2) is 41.3 Å². The van der Waals surface area contributed by atoms with E-state index in [0.29, 0.717) is 31.5 Å². The highest BCUT2D eigenvalue weighted by Crippen LogP contribution is 2.47. The van der Waals surface area contributed by atoms with E-state index in [9.17, 15) is 9.59 Å². The van der Waals surface area contributed by atoms with Gasteiger partial charge in [-0.3, -0.25) is 9.59 Å². The fourth-order valence-corrected chi connectivity index (χ4v) is 4.21. The quantitative estimate of drug-likeness (QED) is 0.360. The van der Waals surface area contributed by atoms with Crippen LogP contribution in [0.25, 0.3) is 0 Å². The van der Waals surface area contributed by atoms with Crippen molar-refractivity contribution in [2.75, 3.05) is 19.0 Å². The van der Waals surface area contributed by atoms with Crippen molar-refractivity contribution in [1.82, 2.24) is 4.90 Å². The third-order valence-corrected chi connectivity index (χ3v) is 5.62. The van der Waals surface area contributed by atoms with E-state index >= 15 is 0 Å². The first-order valence-corrected chi connectivity index (χ1v) is 10.4. The zero-order valence-electron chi connectivity index (χ0n) is 17.5. The molecule has 28 heavy (non-hydrogen) atoms. The zero-order valence-corrected chi connectivity index (χ0v) is 18.2. The minimum atomic E-state index is -0.937.